The van der Waals surface area contributed by atoms with E-state index in [1.807, 2.05) is 0 Å². The highest BCUT2D eigenvalue weighted by molar-refractivity contribution is 4.82. The van der Waals surface area contributed by atoms with Crippen LogP contribution >= 0.6 is 0 Å². The maximum Gasteiger partial charge on any atom is 0.173 e. The second-order valence-electron chi connectivity index (χ2n) is 3.83. The van der Waals surface area contributed by atoms with Crippen molar-refractivity contribution >= 4 is 0 Å². The molecule has 2 fully saturated rings. The van der Waals surface area contributed by atoms with E-state index in [2.05, 4.69) is 11.9 Å². The van der Waals surface area contributed by atoms with Crippen LogP contribution in [0.1, 0.15) is 12.8 Å². The van der Waals surface area contributed by atoms with Crippen molar-refractivity contribution in [2.24, 2.45) is 0 Å². The highest BCUT2D eigenvalue weighted by Crippen LogP contribution is 2.25. The average Bonchev–Trinajstić information content (AvgIpc) is 2.71. The van der Waals surface area contributed by atoms with Crippen LogP contribution in [0.15, 0.2) is 0 Å². The van der Waals surface area contributed by atoms with Crippen molar-refractivity contribution in [3.63, 3.8) is 0 Å². The molecule has 3 atom stereocenters. The summed E-state index contributed by atoms with van der Waals surface area (Å²) in [5.74, 6) is 0. The van der Waals surface area contributed by atoms with Crippen LogP contribution in [0, 0.1) is 0 Å². The van der Waals surface area contributed by atoms with E-state index < -0.39 is 0 Å². The molecule has 1 N–H and O–H groups in total. The SMILES string of the molecule is CN1CCCC1C1OCC(CO)O1. The van der Waals surface area contributed by atoms with Gasteiger partial charge in [0.1, 0.15) is 6.10 Å². The lowest BCUT2D eigenvalue weighted by Gasteiger charge is -2.24. The molecule has 0 saturated carbocycles. The maximum absolute atomic E-state index is 8.87. The van der Waals surface area contributed by atoms with E-state index in [4.69, 9.17) is 14.6 Å². The first kappa shape index (κ1) is 9.40. The van der Waals surface area contributed by atoms with Gasteiger partial charge in [0.25, 0.3) is 0 Å². The van der Waals surface area contributed by atoms with Crippen LogP contribution in [0.25, 0.3) is 0 Å². The van der Waals surface area contributed by atoms with Gasteiger partial charge < -0.3 is 14.6 Å². The van der Waals surface area contributed by atoms with Crippen molar-refractivity contribution in [2.45, 2.75) is 31.3 Å². The molecule has 3 unspecified atom stereocenters. The Morgan fingerprint density at radius 1 is 1.54 bits per heavy atom. The minimum atomic E-state index is -0.121. The van der Waals surface area contributed by atoms with Gasteiger partial charge in [0.15, 0.2) is 6.29 Å². The molecule has 2 aliphatic heterocycles. The van der Waals surface area contributed by atoms with Crippen molar-refractivity contribution in [1.29, 1.82) is 0 Å². The minimum Gasteiger partial charge on any atom is -0.394 e. The summed E-state index contributed by atoms with van der Waals surface area (Å²) in [5.41, 5.74) is 0. The van der Waals surface area contributed by atoms with Gasteiger partial charge >= 0.3 is 0 Å². The maximum atomic E-state index is 8.87. The van der Waals surface area contributed by atoms with Gasteiger partial charge in [0.2, 0.25) is 0 Å². The summed E-state index contributed by atoms with van der Waals surface area (Å²) in [4.78, 5) is 2.27. The summed E-state index contributed by atoms with van der Waals surface area (Å²) in [6.07, 6.45) is 2.12. The number of likely N-dealkylation sites (N-methyl/N-ethyl adjacent to an activating group) is 1. The normalized spacial score (nSPS) is 41.5. The number of rotatable bonds is 2. The lowest BCUT2D eigenvalue weighted by atomic mass is 10.2. The standard InChI is InChI=1S/C9H17NO3/c1-10-4-2-3-8(10)9-12-6-7(5-11)13-9/h7-9,11H,2-6H2,1H3. The zero-order valence-corrected chi connectivity index (χ0v) is 7.98. The van der Waals surface area contributed by atoms with Gasteiger partial charge in [-0.15, -0.1) is 0 Å². The van der Waals surface area contributed by atoms with E-state index >= 15 is 0 Å². The van der Waals surface area contributed by atoms with Crippen molar-refractivity contribution in [3.8, 4) is 0 Å². The first-order chi connectivity index (χ1) is 6.31. The molecule has 2 heterocycles. The van der Waals surface area contributed by atoms with Crippen molar-refractivity contribution in [2.75, 3.05) is 26.8 Å². The third-order valence-electron chi connectivity index (χ3n) is 2.87. The molecule has 0 amide bonds. The number of hydrogen-bond donors (Lipinski definition) is 1. The smallest absolute Gasteiger partial charge is 0.173 e. The van der Waals surface area contributed by atoms with Crippen molar-refractivity contribution in [1.82, 2.24) is 4.90 Å². The number of nitrogens with zero attached hydrogens (tertiary/aromatic N) is 1. The minimum absolute atomic E-state index is 0.0624. The third-order valence-corrected chi connectivity index (χ3v) is 2.87. The van der Waals surface area contributed by atoms with Gasteiger partial charge in [-0.3, -0.25) is 4.90 Å². The molecule has 0 radical (unpaired) electrons. The van der Waals surface area contributed by atoms with Crippen LogP contribution in [-0.4, -0.2) is 55.2 Å². The van der Waals surface area contributed by atoms with Crippen LogP contribution in [0.3, 0.4) is 0 Å². The molecule has 4 heteroatoms. The van der Waals surface area contributed by atoms with E-state index in [9.17, 15) is 0 Å². The fraction of sp³-hybridized carbons (Fsp3) is 1.00. The van der Waals surface area contributed by atoms with E-state index in [1.165, 1.54) is 6.42 Å². The highest BCUT2D eigenvalue weighted by atomic mass is 16.7. The largest absolute Gasteiger partial charge is 0.394 e. The van der Waals surface area contributed by atoms with Gasteiger partial charge in [0, 0.05) is 0 Å². The molecule has 0 aromatic rings. The predicted octanol–water partition coefficient (Wildman–Crippen LogP) is -0.186. The summed E-state index contributed by atoms with van der Waals surface area (Å²) < 4.78 is 11.0. The summed E-state index contributed by atoms with van der Waals surface area (Å²) in [6, 6.07) is 0.386. The van der Waals surface area contributed by atoms with E-state index in [0.29, 0.717) is 12.6 Å². The van der Waals surface area contributed by atoms with E-state index in [0.717, 1.165) is 13.0 Å². The van der Waals surface area contributed by atoms with Gasteiger partial charge in [-0.2, -0.15) is 0 Å². The fourth-order valence-corrected chi connectivity index (χ4v) is 2.05. The Morgan fingerprint density at radius 2 is 2.38 bits per heavy atom. The second kappa shape index (κ2) is 3.92. The fourth-order valence-electron chi connectivity index (χ4n) is 2.05. The van der Waals surface area contributed by atoms with Gasteiger partial charge in [-0.1, -0.05) is 0 Å². The van der Waals surface area contributed by atoms with Gasteiger partial charge in [-0.05, 0) is 26.4 Å². The number of likely N-dealkylation sites (tertiary alicyclic amines) is 1. The summed E-state index contributed by atoms with van der Waals surface area (Å²) in [7, 11) is 2.09. The molecule has 2 rings (SSSR count). The monoisotopic (exact) mass is 187 g/mol. The van der Waals surface area contributed by atoms with Gasteiger partial charge in [-0.25, -0.2) is 0 Å². The first-order valence-electron chi connectivity index (χ1n) is 4.89. The van der Waals surface area contributed by atoms with Gasteiger partial charge in [0.05, 0.1) is 19.3 Å². The number of aliphatic hydroxyl groups excluding tert-OH is 1. The Labute approximate surface area is 78.4 Å². The molecule has 4 nitrogen and oxygen atoms in total. The number of aliphatic hydroxyl groups is 1. The van der Waals surface area contributed by atoms with Crippen LogP contribution < -0.4 is 0 Å². The highest BCUT2D eigenvalue weighted by Gasteiger charge is 2.36. The molecule has 0 aliphatic carbocycles. The first-order valence-corrected chi connectivity index (χ1v) is 4.89. The zero-order valence-electron chi connectivity index (χ0n) is 7.98. The van der Waals surface area contributed by atoms with E-state index in [-0.39, 0.29) is 19.0 Å². The molecule has 0 bridgehead atoms. The van der Waals surface area contributed by atoms with Crippen LogP contribution in [0.2, 0.25) is 0 Å². The average molecular weight is 187 g/mol. The molecule has 76 valence electrons. The quantitative estimate of drug-likeness (QED) is 0.651. The molecule has 2 aliphatic rings. The molecule has 13 heavy (non-hydrogen) atoms. The summed E-state index contributed by atoms with van der Waals surface area (Å²) >= 11 is 0. The van der Waals surface area contributed by atoms with Crippen molar-refractivity contribution < 1.29 is 14.6 Å². The second-order valence-corrected chi connectivity index (χ2v) is 3.83. The molecular weight excluding hydrogens is 170 g/mol. The number of ether oxygens (including phenoxy) is 2. The van der Waals surface area contributed by atoms with Crippen molar-refractivity contribution in [3.05, 3.63) is 0 Å². The molecule has 2 saturated heterocycles. The Bertz CT molecular complexity index is 176. The van der Waals surface area contributed by atoms with E-state index in [1.54, 1.807) is 0 Å². The van der Waals surface area contributed by atoms with Crippen LogP contribution in [0.4, 0.5) is 0 Å². The molecule has 0 aromatic carbocycles. The topological polar surface area (TPSA) is 41.9 Å². The Balaban J connectivity index is 1.88. The summed E-state index contributed by atoms with van der Waals surface area (Å²) in [5, 5.41) is 8.87. The Hall–Kier alpha value is -0.160. The molecule has 0 spiro atoms. The third kappa shape index (κ3) is 1.86. The Morgan fingerprint density at radius 3 is 2.92 bits per heavy atom. The number of hydrogen-bond acceptors (Lipinski definition) is 4. The lowest BCUT2D eigenvalue weighted by molar-refractivity contribution is -0.103. The lowest BCUT2D eigenvalue weighted by Crippen LogP contribution is -2.37. The molecular formula is C9H17NO3. The predicted molar refractivity (Wildman–Crippen MR) is 47.4 cm³/mol. The molecule has 0 aromatic heterocycles. The summed E-state index contributed by atoms with van der Waals surface area (Å²) in [6.45, 7) is 1.72. The van der Waals surface area contributed by atoms with Crippen LogP contribution in [-0.2, 0) is 9.47 Å². The Kier molecular flexibility index (Phi) is 2.83. The van der Waals surface area contributed by atoms with Crippen LogP contribution in [0.5, 0.6) is 0 Å². The zero-order chi connectivity index (χ0) is 9.26.